The molecule has 4 rings (SSSR count). The van der Waals surface area contributed by atoms with Crippen molar-refractivity contribution in [3.63, 3.8) is 0 Å². The molecule has 0 N–H and O–H groups in total. The Morgan fingerprint density at radius 1 is 0.682 bits per heavy atom. The van der Waals surface area contributed by atoms with Crippen LogP contribution in [0.5, 0.6) is 0 Å². The molecular formula is C20H36ClP. The van der Waals surface area contributed by atoms with Gasteiger partial charge in [-0.3, -0.25) is 0 Å². The number of halogens is 1. The van der Waals surface area contributed by atoms with E-state index < -0.39 is 0 Å². The Morgan fingerprint density at radius 2 is 1.05 bits per heavy atom. The quantitative estimate of drug-likeness (QED) is 0.501. The summed E-state index contributed by atoms with van der Waals surface area (Å²) >= 11 is 0. The number of hydrogen-bond acceptors (Lipinski definition) is 0. The highest BCUT2D eigenvalue weighted by atomic mass is 35.5. The van der Waals surface area contributed by atoms with Crippen molar-refractivity contribution in [2.24, 2.45) is 33.5 Å². The second-order valence-corrected chi connectivity index (χ2v) is 12.2. The molecule has 0 aromatic heterocycles. The zero-order valence-electron chi connectivity index (χ0n) is 15.5. The summed E-state index contributed by atoms with van der Waals surface area (Å²) in [6.07, 6.45) is 9.16. The molecule has 0 aromatic rings. The van der Waals surface area contributed by atoms with E-state index in [0.717, 1.165) is 23.2 Å². The van der Waals surface area contributed by atoms with Crippen molar-refractivity contribution in [3.8, 4) is 0 Å². The highest BCUT2D eigenvalue weighted by molar-refractivity contribution is 7.40. The van der Waals surface area contributed by atoms with E-state index >= 15 is 0 Å². The van der Waals surface area contributed by atoms with Gasteiger partial charge in [0.1, 0.15) is 0 Å². The molecule has 22 heavy (non-hydrogen) atoms. The minimum Gasteiger partial charge on any atom is -0.147 e. The van der Waals surface area contributed by atoms with Crippen LogP contribution in [-0.4, -0.2) is 11.3 Å². The molecule has 0 aromatic carbocycles. The normalized spacial score (nSPS) is 54.3. The van der Waals surface area contributed by atoms with Gasteiger partial charge in [0.2, 0.25) is 0 Å². The largest absolute Gasteiger partial charge is 0.147 e. The fourth-order valence-corrected chi connectivity index (χ4v) is 10.2. The Labute approximate surface area is 146 Å². The van der Waals surface area contributed by atoms with Crippen LogP contribution < -0.4 is 0 Å². The lowest BCUT2D eigenvalue weighted by molar-refractivity contribution is 0.148. The lowest BCUT2D eigenvalue weighted by atomic mass is 9.70. The Hall–Kier alpha value is 0.720. The first-order chi connectivity index (χ1) is 9.63. The van der Waals surface area contributed by atoms with E-state index in [1.807, 2.05) is 0 Å². The van der Waals surface area contributed by atoms with Gasteiger partial charge in [0.25, 0.3) is 0 Å². The van der Waals surface area contributed by atoms with Crippen LogP contribution in [0.25, 0.3) is 0 Å². The van der Waals surface area contributed by atoms with Crippen LogP contribution in [0.3, 0.4) is 0 Å². The molecule has 0 aliphatic heterocycles. The predicted molar refractivity (Wildman–Crippen MR) is 102 cm³/mol. The molecule has 4 bridgehead atoms. The topological polar surface area (TPSA) is 0 Å². The summed E-state index contributed by atoms with van der Waals surface area (Å²) in [7, 11) is 1.25. The van der Waals surface area contributed by atoms with E-state index in [2.05, 4.69) is 41.5 Å². The third-order valence-corrected chi connectivity index (χ3v) is 12.5. The first-order valence-corrected chi connectivity index (χ1v) is 10.5. The molecule has 0 heterocycles. The summed E-state index contributed by atoms with van der Waals surface area (Å²) in [5, 5.41) is 0. The molecule has 4 aliphatic carbocycles. The smallest absolute Gasteiger partial charge is 0.0172 e. The van der Waals surface area contributed by atoms with Gasteiger partial charge < -0.3 is 0 Å². The van der Waals surface area contributed by atoms with Gasteiger partial charge in [-0.1, -0.05) is 41.5 Å². The van der Waals surface area contributed by atoms with Gasteiger partial charge in [-0.25, -0.2) is 0 Å². The number of fused-ring (bicyclic) bond motifs is 4. The maximum Gasteiger partial charge on any atom is -0.0172 e. The SMILES string of the molecule is CC1(C)C2CCC1(C)C(PC1CC3CCC1(C)C3(C)C)C2.Cl. The van der Waals surface area contributed by atoms with Crippen molar-refractivity contribution in [1.82, 2.24) is 0 Å². The van der Waals surface area contributed by atoms with E-state index in [1.165, 1.54) is 34.3 Å². The van der Waals surface area contributed by atoms with E-state index in [9.17, 15) is 0 Å². The molecule has 128 valence electrons. The molecule has 4 aliphatic rings. The highest BCUT2D eigenvalue weighted by Gasteiger charge is 2.65. The van der Waals surface area contributed by atoms with Crippen LogP contribution in [-0.2, 0) is 0 Å². The van der Waals surface area contributed by atoms with Crippen LogP contribution in [0.4, 0.5) is 0 Å². The van der Waals surface area contributed by atoms with Crippen LogP contribution >= 0.6 is 21.0 Å². The molecule has 0 amide bonds. The summed E-state index contributed by atoms with van der Waals surface area (Å²) in [6, 6.07) is 0. The molecule has 0 radical (unpaired) electrons. The molecular weight excluding hydrogens is 307 g/mol. The van der Waals surface area contributed by atoms with Gasteiger partial charge in [0.15, 0.2) is 0 Å². The second kappa shape index (κ2) is 4.88. The fraction of sp³-hybridized carbons (Fsp3) is 1.00. The summed E-state index contributed by atoms with van der Waals surface area (Å²) in [4.78, 5) is 0. The summed E-state index contributed by atoms with van der Waals surface area (Å²) in [5.41, 5.74) is 4.61. The monoisotopic (exact) mass is 342 g/mol. The first-order valence-electron chi connectivity index (χ1n) is 9.39. The zero-order valence-corrected chi connectivity index (χ0v) is 17.3. The van der Waals surface area contributed by atoms with E-state index in [-0.39, 0.29) is 12.4 Å². The molecule has 4 fully saturated rings. The average molecular weight is 343 g/mol. The number of hydrogen-bond donors (Lipinski definition) is 0. The maximum atomic E-state index is 2.65. The Bertz CT molecular complexity index is 428. The van der Waals surface area contributed by atoms with Crippen LogP contribution in [0, 0.1) is 33.5 Å². The molecule has 0 nitrogen and oxygen atoms in total. The van der Waals surface area contributed by atoms with Gasteiger partial charge in [-0.2, -0.15) is 0 Å². The van der Waals surface area contributed by atoms with Gasteiger partial charge in [-0.15, -0.1) is 21.0 Å². The van der Waals surface area contributed by atoms with Crippen LogP contribution in [0.2, 0.25) is 0 Å². The summed E-state index contributed by atoms with van der Waals surface area (Å²) in [6.45, 7) is 15.6. The molecule has 4 saturated carbocycles. The molecule has 0 spiro atoms. The lowest BCUT2D eigenvalue weighted by Crippen LogP contribution is -2.38. The Morgan fingerprint density at radius 3 is 1.27 bits per heavy atom. The highest BCUT2D eigenvalue weighted by Crippen LogP contribution is 2.75. The van der Waals surface area contributed by atoms with Gasteiger partial charge >= 0.3 is 0 Å². The minimum absolute atomic E-state index is 0. The zero-order chi connectivity index (χ0) is 15.3. The van der Waals surface area contributed by atoms with Crippen LogP contribution in [0.1, 0.15) is 80.1 Å². The third-order valence-electron chi connectivity index (χ3n) is 9.99. The third kappa shape index (κ3) is 1.81. The Kier molecular flexibility index (Phi) is 3.89. The van der Waals surface area contributed by atoms with E-state index in [4.69, 9.17) is 0 Å². The summed E-state index contributed by atoms with van der Waals surface area (Å²) < 4.78 is 0. The van der Waals surface area contributed by atoms with E-state index in [1.54, 1.807) is 12.8 Å². The van der Waals surface area contributed by atoms with Crippen molar-refractivity contribution in [2.45, 2.75) is 91.4 Å². The van der Waals surface area contributed by atoms with Crippen molar-refractivity contribution >= 4 is 21.0 Å². The summed E-state index contributed by atoms with van der Waals surface area (Å²) in [5.74, 6) is 2.05. The van der Waals surface area contributed by atoms with Crippen LogP contribution in [0.15, 0.2) is 0 Å². The molecule has 2 heteroatoms. The first kappa shape index (κ1) is 17.5. The lowest BCUT2D eigenvalue weighted by Gasteiger charge is -2.45. The average Bonchev–Trinajstić information content (AvgIpc) is 2.90. The van der Waals surface area contributed by atoms with Gasteiger partial charge in [0.05, 0.1) is 0 Å². The van der Waals surface area contributed by atoms with E-state index in [0.29, 0.717) is 21.7 Å². The fourth-order valence-electron chi connectivity index (χ4n) is 7.15. The standard InChI is InChI=1S/C20H35P.ClH/c1-17(2)13-7-9-19(17,5)15(11-13)21-16-12-14-8-10-20(16,6)18(14,3)4;/h13-16,21H,7-12H2,1-6H3;1H. The molecule has 6 atom stereocenters. The second-order valence-electron chi connectivity index (χ2n) is 10.5. The van der Waals surface area contributed by atoms with Crippen molar-refractivity contribution in [3.05, 3.63) is 0 Å². The maximum absolute atomic E-state index is 2.65. The minimum atomic E-state index is 0. The van der Waals surface area contributed by atoms with Crippen molar-refractivity contribution in [2.75, 3.05) is 0 Å². The van der Waals surface area contributed by atoms with Crippen molar-refractivity contribution < 1.29 is 0 Å². The Balaban J connectivity index is 0.00000144. The van der Waals surface area contributed by atoms with Crippen molar-refractivity contribution in [1.29, 1.82) is 0 Å². The predicted octanol–water partition coefficient (Wildman–Crippen LogP) is 6.52. The molecule has 0 saturated heterocycles. The number of rotatable bonds is 2. The molecule has 6 unspecified atom stereocenters. The van der Waals surface area contributed by atoms with Gasteiger partial charge in [-0.05, 0) is 83.3 Å². The van der Waals surface area contributed by atoms with Gasteiger partial charge in [0, 0.05) is 0 Å².